The van der Waals surface area contributed by atoms with Crippen molar-refractivity contribution in [2.75, 3.05) is 11.4 Å². The molecule has 2 aliphatic heterocycles. The molecule has 3 heteroatoms. The van der Waals surface area contributed by atoms with Crippen LogP contribution in [-0.4, -0.2) is 24.7 Å². The number of hydrogen-bond acceptors (Lipinski definition) is 2. The standard InChI is InChI=1S/C17H25BrN2/c1-2-10-19-14-11-16-4-3-5-17(12-14)20(16)15-8-6-13(18)7-9-15/h6-9,14,16-17,19H,2-5,10-12H2,1H3. The van der Waals surface area contributed by atoms with E-state index in [0.29, 0.717) is 0 Å². The predicted molar refractivity (Wildman–Crippen MR) is 89.4 cm³/mol. The van der Waals surface area contributed by atoms with Crippen LogP contribution in [0.1, 0.15) is 45.4 Å². The summed E-state index contributed by atoms with van der Waals surface area (Å²) in [6, 6.07) is 11.1. The summed E-state index contributed by atoms with van der Waals surface area (Å²) in [5.41, 5.74) is 1.41. The Hall–Kier alpha value is -0.540. The molecule has 0 aromatic heterocycles. The predicted octanol–water partition coefficient (Wildman–Crippen LogP) is 4.34. The van der Waals surface area contributed by atoms with Crippen LogP contribution in [0.15, 0.2) is 28.7 Å². The van der Waals surface area contributed by atoms with Gasteiger partial charge in [-0.1, -0.05) is 22.9 Å². The molecule has 2 atom stereocenters. The first-order chi connectivity index (χ1) is 9.78. The quantitative estimate of drug-likeness (QED) is 0.879. The van der Waals surface area contributed by atoms with E-state index in [-0.39, 0.29) is 0 Å². The van der Waals surface area contributed by atoms with Crippen LogP contribution in [0.25, 0.3) is 0 Å². The highest BCUT2D eigenvalue weighted by molar-refractivity contribution is 9.10. The Bertz CT molecular complexity index is 417. The summed E-state index contributed by atoms with van der Waals surface area (Å²) in [5, 5.41) is 3.75. The molecule has 2 aliphatic rings. The summed E-state index contributed by atoms with van der Waals surface area (Å²) in [5.74, 6) is 0. The molecule has 0 saturated carbocycles. The summed E-state index contributed by atoms with van der Waals surface area (Å²) in [4.78, 5) is 2.71. The van der Waals surface area contributed by atoms with E-state index in [0.717, 1.165) is 18.1 Å². The first-order valence-electron chi connectivity index (χ1n) is 8.05. The third-order valence-corrected chi connectivity index (χ3v) is 5.31. The molecule has 1 aromatic carbocycles. The van der Waals surface area contributed by atoms with Crippen LogP contribution in [0.4, 0.5) is 5.69 Å². The van der Waals surface area contributed by atoms with Gasteiger partial charge in [0.15, 0.2) is 0 Å². The lowest BCUT2D eigenvalue weighted by Crippen LogP contribution is -2.56. The fourth-order valence-corrected chi connectivity index (χ4v) is 4.20. The van der Waals surface area contributed by atoms with Crippen molar-refractivity contribution in [3.63, 3.8) is 0 Å². The number of nitrogens with one attached hydrogen (secondary N) is 1. The van der Waals surface area contributed by atoms with Gasteiger partial charge in [-0.2, -0.15) is 0 Å². The Labute approximate surface area is 131 Å². The van der Waals surface area contributed by atoms with Crippen molar-refractivity contribution < 1.29 is 0 Å². The molecule has 2 fully saturated rings. The molecule has 0 radical (unpaired) electrons. The first kappa shape index (κ1) is 14.4. The zero-order chi connectivity index (χ0) is 13.9. The molecule has 0 amide bonds. The number of piperidine rings is 2. The highest BCUT2D eigenvalue weighted by Gasteiger charge is 2.37. The van der Waals surface area contributed by atoms with Gasteiger partial charge in [-0.15, -0.1) is 0 Å². The average molecular weight is 337 g/mol. The molecule has 20 heavy (non-hydrogen) atoms. The van der Waals surface area contributed by atoms with Crippen LogP contribution < -0.4 is 10.2 Å². The maximum Gasteiger partial charge on any atom is 0.0372 e. The first-order valence-corrected chi connectivity index (χ1v) is 8.84. The maximum absolute atomic E-state index is 3.75. The van der Waals surface area contributed by atoms with Crippen LogP contribution in [-0.2, 0) is 0 Å². The van der Waals surface area contributed by atoms with Crippen LogP contribution in [0, 0.1) is 0 Å². The summed E-state index contributed by atoms with van der Waals surface area (Å²) < 4.78 is 1.17. The molecule has 3 rings (SSSR count). The minimum atomic E-state index is 0.733. The van der Waals surface area contributed by atoms with Crippen LogP contribution in [0.5, 0.6) is 0 Å². The largest absolute Gasteiger partial charge is 0.365 e. The van der Waals surface area contributed by atoms with Crippen molar-refractivity contribution in [1.29, 1.82) is 0 Å². The van der Waals surface area contributed by atoms with E-state index >= 15 is 0 Å². The molecule has 2 bridgehead atoms. The molecular formula is C17H25BrN2. The Kier molecular flexibility index (Phi) is 4.67. The SMILES string of the molecule is CCCNC1CC2CCCC(C1)N2c1ccc(Br)cc1. The molecule has 2 unspecified atom stereocenters. The zero-order valence-electron chi connectivity index (χ0n) is 12.3. The van der Waals surface area contributed by atoms with Crippen molar-refractivity contribution in [3.05, 3.63) is 28.7 Å². The third-order valence-electron chi connectivity index (χ3n) is 4.78. The van der Waals surface area contributed by atoms with Crippen LogP contribution >= 0.6 is 15.9 Å². The van der Waals surface area contributed by atoms with Crippen molar-refractivity contribution in [2.24, 2.45) is 0 Å². The van der Waals surface area contributed by atoms with Gasteiger partial charge in [-0.05, 0) is 69.3 Å². The van der Waals surface area contributed by atoms with E-state index in [1.165, 1.54) is 55.2 Å². The van der Waals surface area contributed by atoms with Gasteiger partial charge in [0.1, 0.15) is 0 Å². The molecule has 1 aromatic rings. The van der Waals surface area contributed by atoms with Gasteiger partial charge in [0.25, 0.3) is 0 Å². The second kappa shape index (κ2) is 6.48. The Morgan fingerprint density at radius 1 is 1.15 bits per heavy atom. The van der Waals surface area contributed by atoms with Gasteiger partial charge in [-0.3, -0.25) is 0 Å². The highest BCUT2D eigenvalue weighted by Crippen LogP contribution is 2.38. The molecule has 1 N–H and O–H groups in total. The molecule has 0 aliphatic carbocycles. The fraction of sp³-hybridized carbons (Fsp3) is 0.647. The van der Waals surface area contributed by atoms with Crippen molar-refractivity contribution >= 4 is 21.6 Å². The van der Waals surface area contributed by atoms with E-state index in [9.17, 15) is 0 Å². The number of anilines is 1. The van der Waals surface area contributed by atoms with E-state index in [1.807, 2.05) is 0 Å². The minimum absolute atomic E-state index is 0.733. The summed E-state index contributed by atoms with van der Waals surface area (Å²) >= 11 is 3.54. The number of halogens is 1. The Morgan fingerprint density at radius 3 is 2.40 bits per heavy atom. The third kappa shape index (κ3) is 3.04. The van der Waals surface area contributed by atoms with E-state index in [4.69, 9.17) is 0 Å². The van der Waals surface area contributed by atoms with Crippen LogP contribution in [0.2, 0.25) is 0 Å². The Balaban J connectivity index is 1.74. The van der Waals surface area contributed by atoms with Crippen molar-refractivity contribution in [2.45, 2.75) is 63.6 Å². The average Bonchev–Trinajstić information content (AvgIpc) is 2.45. The van der Waals surface area contributed by atoms with Gasteiger partial charge < -0.3 is 10.2 Å². The summed E-state index contributed by atoms with van der Waals surface area (Å²) in [7, 11) is 0. The maximum atomic E-state index is 3.75. The number of hydrogen-bond donors (Lipinski definition) is 1. The molecule has 2 nitrogen and oxygen atoms in total. The summed E-state index contributed by atoms with van der Waals surface area (Å²) in [6.07, 6.45) is 7.98. The van der Waals surface area contributed by atoms with Crippen LogP contribution in [0.3, 0.4) is 0 Å². The van der Waals surface area contributed by atoms with Gasteiger partial charge in [0.2, 0.25) is 0 Å². The minimum Gasteiger partial charge on any atom is -0.365 e. The number of rotatable bonds is 4. The van der Waals surface area contributed by atoms with E-state index in [1.54, 1.807) is 0 Å². The fourth-order valence-electron chi connectivity index (χ4n) is 3.93. The van der Waals surface area contributed by atoms with E-state index in [2.05, 4.69) is 57.3 Å². The normalized spacial score (nSPS) is 29.5. The highest BCUT2D eigenvalue weighted by atomic mass is 79.9. The van der Waals surface area contributed by atoms with Crippen molar-refractivity contribution in [3.8, 4) is 0 Å². The zero-order valence-corrected chi connectivity index (χ0v) is 13.9. The van der Waals surface area contributed by atoms with Gasteiger partial charge in [0, 0.05) is 28.3 Å². The second-order valence-electron chi connectivity index (χ2n) is 6.24. The smallest absolute Gasteiger partial charge is 0.0372 e. The number of fused-ring (bicyclic) bond motifs is 2. The second-order valence-corrected chi connectivity index (χ2v) is 7.16. The molecule has 0 spiro atoms. The number of nitrogens with zero attached hydrogens (tertiary/aromatic N) is 1. The molecule has 2 saturated heterocycles. The van der Waals surface area contributed by atoms with Gasteiger partial charge >= 0.3 is 0 Å². The number of benzene rings is 1. The lowest BCUT2D eigenvalue weighted by Gasteiger charge is -2.50. The summed E-state index contributed by atoms with van der Waals surface area (Å²) in [6.45, 7) is 3.42. The lowest BCUT2D eigenvalue weighted by atomic mass is 9.81. The monoisotopic (exact) mass is 336 g/mol. The topological polar surface area (TPSA) is 15.3 Å². The van der Waals surface area contributed by atoms with Gasteiger partial charge in [0.05, 0.1) is 0 Å². The molecule has 110 valence electrons. The Morgan fingerprint density at radius 2 is 1.80 bits per heavy atom. The molecular weight excluding hydrogens is 312 g/mol. The van der Waals surface area contributed by atoms with E-state index < -0.39 is 0 Å². The molecule has 2 heterocycles. The van der Waals surface area contributed by atoms with Gasteiger partial charge in [-0.25, -0.2) is 0 Å². The lowest BCUT2D eigenvalue weighted by molar-refractivity contribution is 0.246. The van der Waals surface area contributed by atoms with Crippen molar-refractivity contribution in [1.82, 2.24) is 5.32 Å².